The van der Waals surface area contributed by atoms with Crippen molar-refractivity contribution in [1.29, 1.82) is 0 Å². The van der Waals surface area contributed by atoms with Crippen molar-refractivity contribution < 1.29 is 9.90 Å². The summed E-state index contributed by atoms with van der Waals surface area (Å²) < 4.78 is 0. The van der Waals surface area contributed by atoms with Crippen molar-refractivity contribution in [3.05, 3.63) is 0 Å². The molecule has 0 unspecified atom stereocenters. The molecule has 2 saturated carbocycles. The van der Waals surface area contributed by atoms with Gasteiger partial charge in [-0.3, -0.25) is 4.79 Å². The maximum atomic E-state index is 11.6. The summed E-state index contributed by atoms with van der Waals surface area (Å²) in [5.41, 5.74) is -1.01. The van der Waals surface area contributed by atoms with Gasteiger partial charge in [0.2, 0.25) is 0 Å². The molecule has 2 aliphatic carbocycles. The summed E-state index contributed by atoms with van der Waals surface area (Å²) in [6.07, 6.45) is 5.85. The quantitative estimate of drug-likeness (QED) is 0.770. The molecule has 2 fully saturated rings. The van der Waals surface area contributed by atoms with Crippen LogP contribution in [0.1, 0.15) is 52.4 Å². The van der Waals surface area contributed by atoms with Crippen LogP contribution in [0.2, 0.25) is 0 Å². The van der Waals surface area contributed by atoms with Gasteiger partial charge in [-0.15, -0.1) is 0 Å². The lowest BCUT2D eigenvalue weighted by molar-refractivity contribution is -0.132. The largest absolute Gasteiger partial charge is 0.380 e. The van der Waals surface area contributed by atoms with E-state index in [9.17, 15) is 9.90 Å². The SMILES string of the molecule is CC(C)[C@H]1CC[C@H](NC(=O)C2(O)CC2)CC1. The molecule has 0 aromatic carbocycles. The van der Waals surface area contributed by atoms with Crippen LogP contribution in [0.25, 0.3) is 0 Å². The van der Waals surface area contributed by atoms with E-state index in [2.05, 4.69) is 19.2 Å². The molecule has 0 radical (unpaired) electrons. The third-order valence-corrected chi connectivity index (χ3v) is 4.20. The van der Waals surface area contributed by atoms with E-state index in [0.29, 0.717) is 18.9 Å². The molecule has 0 heterocycles. The van der Waals surface area contributed by atoms with Gasteiger partial charge >= 0.3 is 0 Å². The predicted octanol–water partition coefficient (Wildman–Crippen LogP) is 1.84. The second-order valence-corrected chi connectivity index (χ2v) is 5.86. The van der Waals surface area contributed by atoms with Gasteiger partial charge in [-0.1, -0.05) is 13.8 Å². The van der Waals surface area contributed by atoms with E-state index in [1.165, 1.54) is 12.8 Å². The van der Waals surface area contributed by atoms with E-state index in [0.717, 1.165) is 24.7 Å². The number of hydrogen-bond donors (Lipinski definition) is 2. The van der Waals surface area contributed by atoms with Gasteiger partial charge in [0.05, 0.1) is 0 Å². The van der Waals surface area contributed by atoms with Crippen molar-refractivity contribution >= 4 is 5.91 Å². The summed E-state index contributed by atoms with van der Waals surface area (Å²) in [5, 5.41) is 12.6. The number of carbonyl (C=O) groups is 1. The molecular weight excluding hydrogens is 202 g/mol. The molecular formula is C13H23NO2. The van der Waals surface area contributed by atoms with Crippen molar-refractivity contribution in [2.75, 3.05) is 0 Å². The van der Waals surface area contributed by atoms with Crippen LogP contribution in [0.3, 0.4) is 0 Å². The summed E-state index contributed by atoms with van der Waals surface area (Å²) in [4.78, 5) is 11.6. The second kappa shape index (κ2) is 4.36. The van der Waals surface area contributed by atoms with Crippen LogP contribution in [-0.2, 0) is 4.79 Å². The van der Waals surface area contributed by atoms with E-state index in [-0.39, 0.29) is 5.91 Å². The van der Waals surface area contributed by atoms with Gasteiger partial charge < -0.3 is 10.4 Å². The molecule has 3 heteroatoms. The van der Waals surface area contributed by atoms with Crippen LogP contribution < -0.4 is 5.32 Å². The summed E-state index contributed by atoms with van der Waals surface area (Å²) in [6.45, 7) is 4.55. The van der Waals surface area contributed by atoms with Gasteiger partial charge in [0.1, 0.15) is 5.60 Å². The summed E-state index contributed by atoms with van der Waals surface area (Å²) >= 11 is 0. The molecule has 1 amide bonds. The molecule has 0 spiro atoms. The smallest absolute Gasteiger partial charge is 0.252 e. The van der Waals surface area contributed by atoms with Gasteiger partial charge in [-0.25, -0.2) is 0 Å². The topological polar surface area (TPSA) is 49.3 Å². The molecule has 2 aliphatic rings. The molecule has 2 rings (SSSR count). The number of aliphatic hydroxyl groups is 1. The van der Waals surface area contributed by atoms with Gasteiger partial charge in [-0.05, 0) is 50.4 Å². The zero-order chi connectivity index (χ0) is 11.8. The minimum atomic E-state index is -1.01. The van der Waals surface area contributed by atoms with Gasteiger partial charge in [-0.2, -0.15) is 0 Å². The first-order valence-electron chi connectivity index (χ1n) is 6.54. The number of hydrogen-bond acceptors (Lipinski definition) is 2. The highest BCUT2D eigenvalue weighted by molar-refractivity contribution is 5.87. The summed E-state index contributed by atoms with van der Waals surface area (Å²) in [6, 6.07) is 0.298. The van der Waals surface area contributed by atoms with Gasteiger partial charge in [0.25, 0.3) is 5.91 Å². The lowest BCUT2D eigenvalue weighted by Gasteiger charge is -2.31. The Morgan fingerprint density at radius 2 is 1.81 bits per heavy atom. The fourth-order valence-corrected chi connectivity index (χ4v) is 2.60. The minimum absolute atomic E-state index is 0.138. The average molecular weight is 225 g/mol. The Bertz CT molecular complexity index is 263. The Morgan fingerprint density at radius 1 is 1.25 bits per heavy atom. The molecule has 0 aromatic rings. The average Bonchev–Trinajstić information content (AvgIpc) is 2.99. The van der Waals surface area contributed by atoms with Crippen LogP contribution in [0.15, 0.2) is 0 Å². The van der Waals surface area contributed by atoms with Gasteiger partial charge in [0, 0.05) is 6.04 Å². The Morgan fingerprint density at radius 3 is 2.25 bits per heavy atom. The van der Waals surface area contributed by atoms with E-state index in [1.54, 1.807) is 0 Å². The fraction of sp³-hybridized carbons (Fsp3) is 0.923. The Hall–Kier alpha value is -0.570. The Labute approximate surface area is 97.6 Å². The van der Waals surface area contributed by atoms with Crippen molar-refractivity contribution in [1.82, 2.24) is 5.32 Å². The molecule has 16 heavy (non-hydrogen) atoms. The highest BCUT2D eigenvalue weighted by Crippen LogP contribution is 2.36. The monoisotopic (exact) mass is 225 g/mol. The van der Waals surface area contributed by atoms with E-state index in [4.69, 9.17) is 0 Å². The van der Waals surface area contributed by atoms with Crippen LogP contribution in [0, 0.1) is 11.8 Å². The maximum absolute atomic E-state index is 11.6. The number of nitrogens with one attached hydrogen (secondary N) is 1. The third kappa shape index (κ3) is 2.57. The van der Waals surface area contributed by atoms with Crippen LogP contribution in [-0.4, -0.2) is 22.7 Å². The lowest BCUT2D eigenvalue weighted by atomic mass is 9.79. The number of amides is 1. The van der Waals surface area contributed by atoms with E-state index < -0.39 is 5.60 Å². The van der Waals surface area contributed by atoms with E-state index >= 15 is 0 Å². The molecule has 92 valence electrons. The fourth-order valence-electron chi connectivity index (χ4n) is 2.60. The molecule has 0 atom stereocenters. The molecule has 2 N–H and O–H groups in total. The lowest BCUT2D eigenvalue weighted by Crippen LogP contribution is -2.44. The van der Waals surface area contributed by atoms with Gasteiger partial charge in [0.15, 0.2) is 0 Å². The number of carbonyl (C=O) groups excluding carboxylic acids is 1. The van der Waals surface area contributed by atoms with Crippen molar-refractivity contribution in [2.24, 2.45) is 11.8 Å². The maximum Gasteiger partial charge on any atom is 0.252 e. The van der Waals surface area contributed by atoms with Crippen LogP contribution in [0.5, 0.6) is 0 Å². The molecule has 0 saturated heterocycles. The first kappa shape index (κ1) is 11.9. The molecule has 0 bridgehead atoms. The van der Waals surface area contributed by atoms with Crippen molar-refractivity contribution in [2.45, 2.75) is 64.0 Å². The van der Waals surface area contributed by atoms with Crippen LogP contribution >= 0.6 is 0 Å². The highest BCUT2D eigenvalue weighted by atomic mass is 16.3. The Balaban J connectivity index is 1.75. The minimum Gasteiger partial charge on any atom is -0.380 e. The zero-order valence-electron chi connectivity index (χ0n) is 10.3. The normalized spacial score (nSPS) is 32.5. The zero-order valence-corrected chi connectivity index (χ0v) is 10.3. The molecule has 0 aromatic heterocycles. The first-order valence-corrected chi connectivity index (χ1v) is 6.54. The first-order chi connectivity index (χ1) is 7.51. The highest BCUT2D eigenvalue weighted by Gasteiger charge is 2.48. The summed E-state index contributed by atoms with van der Waals surface area (Å²) in [5.74, 6) is 1.43. The number of rotatable bonds is 3. The summed E-state index contributed by atoms with van der Waals surface area (Å²) in [7, 11) is 0. The van der Waals surface area contributed by atoms with E-state index in [1.807, 2.05) is 0 Å². The second-order valence-electron chi connectivity index (χ2n) is 5.86. The van der Waals surface area contributed by atoms with Crippen molar-refractivity contribution in [3.8, 4) is 0 Å². The predicted molar refractivity (Wildman–Crippen MR) is 62.9 cm³/mol. The molecule has 0 aliphatic heterocycles. The molecule has 3 nitrogen and oxygen atoms in total. The third-order valence-electron chi connectivity index (χ3n) is 4.20. The Kier molecular flexibility index (Phi) is 3.24. The van der Waals surface area contributed by atoms with Crippen LogP contribution in [0.4, 0.5) is 0 Å². The standard InChI is InChI=1S/C13H23NO2/c1-9(2)10-3-5-11(6-4-10)14-12(15)13(16)7-8-13/h9-11,16H,3-8H2,1-2H3,(H,14,15)/t10-,11-. The van der Waals surface area contributed by atoms with Crippen molar-refractivity contribution in [3.63, 3.8) is 0 Å².